The minimum Gasteiger partial charge on any atom is -0.343 e. The Kier molecular flexibility index (Phi) is 16.3. The summed E-state index contributed by atoms with van der Waals surface area (Å²) in [5.41, 5.74) is 1.58. The summed E-state index contributed by atoms with van der Waals surface area (Å²) in [6.07, 6.45) is 8.04. The van der Waals surface area contributed by atoms with Crippen LogP contribution in [0.3, 0.4) is 0 Å². The van der Waals surface area contributed by atoms with Crippen molar-refractivity contribution in [1.82, 2.24) is 10.3 Å². The molecule has 3 nitrogen and oxygen atoms in total. The summed E-state index contributed by atoms with van der Waals surface area (Å²) in [4.78, 5) is 17.1. The fourth-order valence-electron chi connectivity index (χ4n) is 2.89. The van der Waals surface area contributed by atoms with Crippen molar-refractivity contribution in [3.05, 3.63) is 65.7 Å². The van der Waals surface area contributed by atoms with Crippen LogP contribution in [0.25, 0.3) is 0 Å². The number of nitrogens with one attached hydrogen (secondary N) is 1. The van der Waals surface area contributed by atoms with E-state index in [9.17, 15) is 9.18 Å². The zero-order chi connectivity index (χ0) is 22.8. The highest BCUT2D eigenvalue weighted by Gasteiger charge is 2.23. The lowest BCUT2D eigenvalue weighted by Gasteiger charge is -2.22. The first-order valence-corrected chi connectivity index (χ1v) is 11.5. The van der Waals surface area contributed by atoms with E-state index < -0.39 is 0 Å². The van der Waals surface area contributed by atoms with Crippen molar-refractivity contribution in [2.45, 2.75) is 86.1 Å². The number of amides is 1. The molecule has 2 rings (SSSR count). The van der Waals surface area contributed by atoms with Crippen molar-refractivity contribution >= 4 is 5.91 Å². The highest BCUT2D eigenvalue weighted by molar-refractivity contribution is 5.79. The average Bonchev–Trinajstić information content (AvgIpc) is 2.80. The van der Waals surface area contributed by atoms with Gasteiger partial charge in [-0.05, 0) is 42.7 Å². The van der Waals surface area contributed by atoms with Gasteiger partial charge in [-0.25, -0.2) is 4.39 Å². The van der Waals surface area contributed by atoms with Crippen LogP contribution < -0.4 is 5.32 Å². The van der Waals surface area contributed by atoms with Gasteiger partial charge in [-0.3, -0.25) is 9.78 Å². The van der Waals surface area contributed by atoms with E-state index in [1.54, 1.807) is 18.3 Å². The minimum atomic E-state index is -0.365. The van der Waals surface area contributed by atoms with Crippen molar-refractivity contribution in [3.8, 4) is 0 Å². The zero-order valence-electron chi connectivity index (χ0n) is 19.7. The SMILES string of the molecule is CC.CCCC.CCCC(CCC)C(=O)NC(c1ccc(F)cc1)c1ccccn1. The van der Waals surface area contributed by atoms with Crippen molar-refractivity contribution in [2.24, 2.45) is 5.92 Å². The lowest BCUT2D eigenvalue weighted by Crippen LogP contribution is -2.35. The van der Waals surface area contributed by atoms with Crippen molar-refractivity contribution < 1.29 is 9.18 Å². The zero-order valence-corrected chi connectivity index (χ0v) is 19.7. The monoisotopic (exact) mass is 416 g/mol. The van der Waals surface area contributed by atoms with E-state index in [2.05, 4.69) is 38.0 Å². The average molecular weight is 417 g/mol. The molecule has 0 bridgehead atoms. The van der Waals surface area contributed by atoms with E-state index in [0.29, 0.717) is 0 Å². The topological polar surface area (TPSA) is 42.0 Å². The Morgan fingerprint density at radius 1 is 0.900 bits per heavy atom. The van der Waals surface area contributed by atoms with Gasteiger partial charge in [-0.15, -0.1) is 0 Å². The van der Waals surface area contributed by atoms with Gasteiger partial charge in [0.15, 0.2) is 0 Å². The van der Waals surface area contributed by atoms with E-state index in [-0.39, 0.29) is 23.7 Å². The molecule has 1 N–H and O–H groups in total. The Morgan fingerprint density at radius 2 is 1.47 bits per heavy atom. The van der Waals surface area contributed by atoms with Crippen LogP contribution in [0.2, 0.25) is 0 Å². The van der Waals surface area contributed by atoms with Crippen LogP contribution in [0.4, 0.5) is 4.39 Å². The lowest BCUT2D eigenvalue weighted by molar-refractivity contribution is -0.126. The molecule has 0 fully saturated rings. The molecule has 1 heterocycles. The number of carbonyl (C=O) groups is 1. The largest absolute Gasteiger partial charge is 0.343 e. The molecule has 0 aliphatic rings. The maximum Gasteiger partial charge on any atom is 0.223 e. The molecule has 0 saturated heterocycles. The molecule has 0 aliphatic carbocycles. The third-order valence-electron chi connectivity index (χ3n) is 4.62. The number of rotatable bonds is 9. The summed E-state index contributed by atoms with van der Waals surface area (Å²) in [5, 5.41) is 3.11. The van der Waals surface area contributed by atoms with E-state index in [0.717, 1.165) is 36.9 Å². The number of hydrogen-bond acceptors (Lipinski definition) is 2. The van der Waals surface area contributed by atoms with Crippen LogP contribution in [-0.2, 0) is 4.79 Å². The van der Waals surface area contributed by atoms with Gasteiger partial charge in [0.1, 0.15) is 5.82 Å². The van der Waals surface area contributed by atoms with Crippen molar-refractivity contribution in [2.75, 3.05) is 0 Å². The molecule has 30 heavy (non-hydrogen) atoms. The summed E-state index contributed by atoms with van der Waals surface area (Å²) < 4.78 is 13.2. The number of carbonyl (C=O) groups excluding carboxylic acids is 1. The van der Waals surface area contributed by atoms with Gasteiger partial charge in [-0.1, -0.05) is 85.4 Å². The van der Waals surface area contributed by atoms with E-state index >= 15 is 0 Å². The molecule has 0 spiro atoms. The van der Waals surface area contributed by atoms with E-state index in [1.807, 2.05) is 32.0 Å². The Bertz CT molecular complexity index is 650. The van der Waals surface area contributed by atoms with Crippen LogP contribution >= 0.6 is 0 Å². The quantitative estimate of drug-likeness (QED) is 0.460. The second kappa shape index (κ2) is 17.6. The number of aromatic nitrogens is 1. The van der Waals surface area contributed by atoms with Gasteiger partial charge in [0.2, 0.25) is 5.91 Å². The molecule has 1 atom stereocenters. The fourth-order valence-corrected chi connectivity index (χ4v) is 2.89. The number of nitrogens with zero attached hydrogens (tertiary/aromatic N) is 1. The van der Waals surface area contributed by atoms with Crippen molar-refractivity contribution in [1.29, 1.82) is 0 Å². The molecule has 0 aliphatic heterocycles. The number of unbranched alkanes of at least 4 members (excludes halogenated alkanes) is 1. The maximum absolute atomic E-state index is 13.2. The standard InChI is InChI=1S/C20H25FN2O.C4H10.C2H6/c1-3-7-16(8-4-2)20(24)23-19(18-9-5-6-14-22-18)15-10-12-17(21)13-11-15;1-3-4-2;1-2/h5-6,9-14,16,19H,3-4,7-8H2,1-2H3,(H,23,24);3-4H2,1-2H3;1-2H3. The third kappa shape index (κ3) is 10.5. The molecule has 1 aromatic carbocycles. The lowest BCUT2D eigenvalue weighted by atomic mass is 9.95. The number of halogens is 1. The molecular formula is C26H41FN2O. The van der Waals surface area contributed by atoms with Gasteiger partial charge < -0.3 is 5.32 Å². The highest BCUT2D eigenvalue weighted by Crippen LogP contribution is 2.23. The third-order valence-corrected chi connectivity index (χ3v) is 4.62. The van der Waals surface area contributed by atoms with Crippen LogP contribution in [0.5, 0.6) is 0 Å². The van der Waals surface area contributed by atoms with E-state index in [1.165, 1.54) is 25.0 Å². The molecule has 0 radical (unpaired) electrons. The van der Waals surface area contributed by atoms with Gasteiger partial charge in [0.25, 0.3) is 0 Å². The summed E-state index contributed by atoms with van der Waals surface area (Å²) >= 11 is 0. The predicted octanol–water partition coefficient (Wildman–Crippen LogP) is 7.48. The highest BCUT2D eigenvalue weighted by atomic mass is 19.1. The van der Waals surface area contributed by atoms with Gasteiger partial charge >= 0.3 is 0 Å². The molecule has 1 unspecified atom stereocenters. The maximum atomic E-state index is 13.2. The van der Waals surface area contributed by atoms with E-state index in [4.69, 9.17) is 0 Å². The van der Waals surface area contributed by atoms with Gasteiger partial charge in [0, 0.05) is 12.1 Å². The van der Waals surface area contributed by atoms with Crippen LogP contribution in [0, 0.1) is 11.7 Å². The summed E-state index contributed by atoms with van der Waals surface area (Å²) in [5.74, 6) is -0.245. The van der Waals surface area contributed by atoms with Crippen molar-refractivity contribution in [3.63, 3.8) is 0 Å². The number of hydrogen-bond donors (Lipinski definition) is 1. The first-order valence-electron chi connectivity index (χ1n) is 11.5. The predicted molar refractivity (Wildman–Crippen MR) is 126 cm³/mol. The molecular weight excluding hydrogens is 375 g/mol. The molecule has 2 aromatic rings. The summed E-state index contributed by atoms with van der Waals surface area (Å²) in [6.45, 7) is 12.5. The van der Waals surface area contributed by atoms with Crippen LogP contribution in [0.15, 0.2) is 48.7 Å². The van der Waals surface area contributed by atoms with Crippen LogP contribution in [-0.4, -0.2) is 10.9 Å². The second-order valence-electron chi connectivity index (χ2n) is 7.02. The smallest absolute Gasteiger partial charge is 0.223 e. The Balaban J connectivity index is 0.00000125. The van der Waals surface area contributed by atoms with Gasteiger partial charge in [0.05, 0.1) is 11.7 Å². The Hall–Kier alpha value is -2.23. The summed E-state index contributed by atoms with van der Waals surface area (Å²) in [6, 6.07) is 11.5. The first-order chi connectivity index (χ1) is 14.6. The number of pyridine rings is 1. The van der Waals surface area contributed by atoms with Crippen LogP contribution in [0.1, 0.15) is 97.4 Å². The second-order valence-corrected chi connectivity index (χ2v) is 7.02. The minimum absolute atomic E-state index is 0.00617. The molecule has 1 aromatic heterocycles. The number of benzene rings is 1. The normalized spacial score (nSPS) is 10.9. The molecule has 168 valence electrons. The molecule has 0 saturated carbocycles. The summed E-state index contributed by atoms with van der Waals surface area (Å²) in [7, 11) is 0. The Labute approximate surface area is 183 Å². The molecule has 4 heteroatoms. The fraction of sp³-hybridized carbons (Fsp3) is 0.538. The Morgan fingerprint density at radius 3 is 1.90 bits per heavy atom. The van der Waals surface area contributed by atoms with Gasteiger partial charge in [-0.2, -0.15) is 0 Å². The first kappa shape index (κ1) is 27.8. The molecule has 1 amide bonds.